The Morgan fingerprint density at radius 2 is 1.75 bits per heavy atom. The normalized spacial score (nSPS) is 26.5. The van der Waals surface area contributed by atoms with Crippen LogP contribution in [0, 0.1) is 0 Å². The fraction of sp³-hybridized carbons (Fsp3) is 1.00. The predicted octanol–water partition coefficient (Wildman–Crippen LogP) is 1.12. The standard InChI is InChI=1S/C3H5.Ir/c1-2-3-1;/h1H,2-3H2;. The molecule has 1 aliphatic carbocycles. The molecule has 0 saturated heterocycles. The van der Waals surface area contributed by atoms with Crippen LogP contribution in [0.1, 0.15) is 12.8 Å². The van der Waals surface area contributed by atoms with Gasteiger partial charge in [0.1, 0.15) is 0 Å². The van der Waals surface area contributed by atoms with Crippen molar-refractivity contribution in [3.05, 3.63) is 0 Å². The molecule has 0 heterocycles. The summed E-state index contributed by atoms with van der Waals surface area (Å²) in [5.41, 5.74) is 0. The monoisotopic (exact) mass is 234 g/mol. The van der Waals surface area contributed by atoms with E-state index in [0.29, 0.717) is 0 Å². The van der Waals surface area contributed by atoms with Crippen molar-refractivity contribution in [2.24, 2.45) is 0 Å². The quantitative estimate of drug-likeness (QED) is 0.588. The van der Waals surface area contributed by atoms with Crippen LogP contribution in [-0.2, 0) is 18.9 Å². The average Bonchev–Trinajstić information content (AvgIpc) is 1.75. The molecular formula is C3H5Ir. The predicted molar refractivity (Wildman–Crippen MR) is 13.0 cm³/mol. The van der Waals surface area contributed by atoms with Crippen molar-refractivity contribution in [3.8, 4) is 0 Å². The van der Waals surface area contributed by atoms with E-state index in [0.717, 1.165) is 4.43 Å². The summed E-state index contributed by atoms with van der Waals surface area (Å²) in [4.78, 5) is 0. The third-order valence-electron chi connectivity index (χ3n) is 0.481. The molecule has 1 saturated carbocycles. The molecule has 0 N–H and O–H groups in total. The second-order valence-electron chi connectivity index (χ2n) is 1.14. The van der Waals surface area contributed by atoms with Crippen LogP contribution < -0.4 is 0 Å². The molecule has 0 bridgehead atoms. The van der Waals surface area contributed by atoms with E-state index in [1.165, 1.54) is 12.8 Å². The van der Waals surface area contributed by atoms with Crippen molar-refractivity contribution in [2.75, 3.05) is 0 Å². The van der Waals surface area contributed by atoms with Crippen LogP contribution >= 0.6 is 0 Å². The fourth-order valence-corrected chi connectivity index (χ4v) is 0.455. The van der Waals surface area contributed by atoms with E-state index in [1.54, 1.807) is 0 Å². The van der Waals surface area contributed by atoms with Crippen LogP contribution in [0.25, 0.3) is 0 Å². The maximum atomic E-state index is 2.28. The zero-order chi connectivity index (χ0) is 2.99. The van der Waals surface area contributed by atoms with Crippen molar-refractivity contribution in [2.45, 2.75) is 17.3 Å². The fourth-order valence-electron chi connectivity index (χ4n) is 0.0556. The maximum absolute atomic E-state index is 2.28. The van der Waals surface area contributed by atoms with E-state index >= 15 is 0 Å². The van der Waals surface area contributed by atoms with Crippen molar-refractivity contribution >= 4 is 0 Å². The Morgan fingerprint density at radius 1 is 1.50 bits per heavy atom. The van der Waals surface area contributed by atoms with Gasteiger partial charge in [0.15, 0.2) is 0 Å². The summed E-state index contributed by atoms with van der Waals surface area (Å²) in [5.74, 6) is 0. The molecule has 0 nitrogen and oxygen atoms in total. The van der Waals surface area contributed by atoms with Gasteiger partial charge in [0.25, 0.3) is 0 Å². The van der Waals surface area contributed by atoms with Gasteiger partial charge in [-0.2, -0.15) is 0 Å². The molecular weight excluding hydrogens is 228 g/mol. The van der Waals surface area contributed by atoms with E-state index in [2.05, 4.69) is 18.9 Å². The SMILES string of the molecule is [Ir][CH]1CC1. The van der Waals surface area contributed by atoms with Crippen molar-refractivity contribution in [1.29, 1.82) is 0 Å². The van der Waals surface area contributed by atoms with E-state index < -0.39 is 0 Å². The average molecular weight is 233 g/mol. The first kappa shape index (κ1) is 2.86. The summed E-state index contributed by atoms with van der Waals surface area (Å²) < 4.78 is 1.08. The summed E-state index contributed by atoms with van der Waals surface area (Å²) in [6, 6.07) is 0. The van der Waals surface area contributed by atoms with Gasteiger partial charge in [-0.05, 0) is 0 Å². The summed E-state index contributed by atoms with van der Waals surface area (Å²) in [5, 5.41) is 0. The van der Waals surface area contributed by atoms with Crippen LogP contribution in [-0.4, -0.2) is 0 Å². The zero-order valence-corrected chi connectivity index (χ0v) is 4.72. The molecule has 0 aromatic carbocycles. The molecule has 0 amide bonds. The minimum absolute atomic E-state index is 1.08. The molecule has 1 rings (SSSR count). The first-order chi connectivity index (χ1) is 1.89. The molecule has 1 fully saturated rings. The molecule has 0 spiro atoms. The molecule has 1 aliphatic rings. The Hall–Kier alpha value is 0.649. The van der Waals surface area contributed by atoms with Gasteiger partial charge < -0.3 is 0 Å². The number of hydrogen-bond donors (Lipinski definition) is 0. The molecule has 0 radical (unpaired) electrons. The van der Waals surface area contributed by atoms with Crippen molar-refractivity contribution in [1.82, 2.24) is 0 Å². The van der Waals surface area contributed by atoms with Gasteiger partial charge in [0.2, 0.25) is 0 Å². The van der Waals surface area contributed by atoms with Gasteiger partial charge >= 0.3 is 36.2 Å². The van der Waals surface area contributed by atoms with E-state index in [4.69, 9.17) is 0 Å². The topological polar surface area (TPSA) is 0 Å². The van der Waals surface area contributed by atoms with Crippen LogP contribution in [0.5, 0.6) is 0 Å². The van der Waals surface area contributed by atoms with Gasteiger partial charge in [-0.15, -0.1) is 0 Å². The second-order valence-corrected chi connectivity index (χ2v) is 3.09. The second kappa shape index (κ2) is 0.803. The molecule has 0 aromatic heterocycles. The number of rotatable bonds is 0. The first-order valence-electron chi connectivity index (χ1n) is 1.51. The summed E-state index contributed by atoms with van der Waals surface area (Å²) >= 11 is 2.28. The molecule has 0 aliphatic heterocycles. The number of hydrogen-bond acceptors (Lipinski definition) is 0. The Balaban J connectivity index is 2.17. The Bertz CT molecular complexity index is 22.5. The third-order valence-corrected chi connectivity index (χ3v) is 1.86. The molecule has 0 aromatic rings. The molecule has 0 atom stereocenters. The van der Waals surface area contributed by atoms with Gasteiger partial charge in [0, 0.05) is 0 Å². The van der Waals surface area contributed by atoms with Crippen LogP contribution in [0.2, 0.25) is 4.43 Å². The molecule has 26 valence electrons. The van der Waals surface area contributed by atoms with Crippen LogP contribution in [0.4, 0.5) is 0 Å². The van der Waals surface area contributed by atoms with E-state index in [9.17, 15) is 0 Å². The Labute approximate surface area is 36.7 Å². The summed E-state index contributed by atoms with van der Waals surface area (Å²) in [6.45, 7) is 0. The van der Waals surface area contributed by atoms with E-state index in [-0.39, 0.29) is 0 Å². The van der Waals surface area contributed by atoms with Gasteiger partial charge in [-0.3, -0.25) is 0 Å². The van der Waals surface area contributed by atoms with Gasteiger partial charge in [0.05, 0.1) is 0 Å². The Kier molecular flexibility index (Phi) is 0.575. The molecule has 1 heteroatoms. The van der Waals surface area contributed by atoms with Gasteiger partial charge in [-0.1, -0.05) is 0 Å². The summed E-state index contributed by atoms with van der Waals surface area (Å²) in [7, 11) is 0. The minimum atomic E-state index is 1.08. The summed E-state index contributed by atoms with van der Waals surface area (Å²) in [6.07, 6.45) is 2.97. The zero-order valence-electron chi connectivity index (χ0n) is 2.32. The van der Waals surface area contributed by atoms with Crippen molar-refractivity contribution < 1.29 is 18.9 Å². The van der Waals surface area contributed by atoms with Crippen LogP contribution in [0.15, 0.2) is 0 Å². The molecule has 4 heavy (non-hydrogen) atoms. The Morgan fingerprint density at radius 3 is 1.75 bits per heavy atom. The van der Waals surface area contributed by atoms with Gasteiger partial charge in [-0.25, -0.2) is 0 Å². The van der Waals surface area contributed by atoms with E-state index in [1.807, 2.05) is 0 Å². The third kappa shape index (κ3) is 0.541. The van der Waals surface area contributed by atoms with Crippen LogP contribution in [0.3, 0.4) is 0 Å². The first-order valence-corrected chi connectivity index (χ1v) is 2.89. The van der Waals surface area contributed by atoms with Crippen molar-refractivity contribution in [3.63, 3.8) is 0 Å². The molecule has 0 unspecified atom stereocenters.